The lowest BCUT2D eigenvalue weighted by molar-refractivity contribution is -0.116. The number of hydrogen-bond donors (Lipinski definition) is 2. The molecule has 2 saturated carbocycles. The van der Waals surface area contributed by atoms with E-state index in [-0.39, 0.29) is 28.1 Å². The first-order valence-electron chi connectivity index (χ1n) is 13.9. The summed E-state index contributed by atoms with van der Waals surface area (Å²) >= 11 is 3.09. The van der Waals surface area contributed by atoms with Crippen LogP contribution in [0, 0.1) is 17.8 Å². The number of thioether (sulfide) groups is 1. The Morgan fingerprint density at radius 1 is 1.05 bits per heavy atom. The van der Waals surface area contributed by atoms with Crippen molar-refractivity contribution < 1.29 is 13.2 Å². The first kappa shape index (κ1) is 27.6. The molecule has 2 heterocycles. The van der Waals surface area contributed by atoms with E-state index < -0.39 is 10.0 Å². The van der Waals surface area contributed by atoms with Crippen LogP contribution in [0.5, 0.6) is 0 Å². The Kier molecular flexibility index (Phi) is 7.35. The zero-order valence-electron chi connectivity index (χ0n) is 22.6. The molecule has 11 heteroatoms. The Bertz CT molecular complexity index is 1580. The van der Waals surface area contributed by atoms with Gasteiger partial charge in [0.05, 0.1) is 9.92 Å². The highest BCUT2D eigenvalue weighted by atomic mass is 32.2. The van der Waals surface area contributed by atoms with E-state index in [1.54, 1.807) is 4.57 Å². The van der Waals surface area contributed by atoms with Crippen LogP contribution in [0.2, 0.25) is 0 Å². The first-order chi connectivity index (χ1) is 19.2. The fourth-order valence-electron chi connectivity index (χ4n) is 7.01. The lowest BCUT2D eigenvalue weighted by Crippen LogP contribution is -2.35. The Hall–Kier alpha value is -2.60. The van der Waals surface area contributed by atoms with E-state index >= 15 is 0 Å². The molecular formula is C29H34N4O4S3. The average molecular weight is 599 g/mol. The van der Waals surface area contributed by atoms with Crippen molar-refractivity contribution >= 4 is 50.4 Å². The van der Waals surface area contributed by atoms with Crippen molar-refractivity contribution in [3.8, 4) is 0 Å². The molecule has 4 unspecified atom stereocenters. The van der Waals surface area contributed by atoms with E-state index in [1.165, 1.54) is 66.1 Å². The van der Waals surface area contributed by atoms with Gasteiger partial charge in [0.1, 0.15) is 6.54 Å². The number of rotatable bonds is 8. The summed E-state index contributed by atoms with van der Waals surface area (Å²) in [5.74, 6) is 1.67. The number of hydrogen-bond acceptors (Lipinski definition) is 7. The summed E-state index contributed by atoms with van der Waals surface area (Å²) in [6.45, 7) is 6.15. The summed E-state index contributed by atoms with van der Waals surface area (Å²) < 4.78 is 24.7. The van der Waals surface area contributed by atoms with Crippen LogP contribution in [0.15, 0.2) is 63.2 Å². The van der Waals surface area contributed by atoms with E-state index in [9.17, 15) is 18.0 Å². The van der Waals surface area contributed by atoms with Gasteiger partial charge in [0.15, 0.2) is 0 Å². The number of primary sulfonamides is 1. The second kappa shape index (κ2) is 10.7. The fraction of sp³-hybridized carbons (Fsp3) is 0.448. The largest absolute Gasteiger partial charge is 0.372 e. The van der Waals surface area contributed by atoms with Crippen molar-refractivity contribution in [3.05, 3.63) is 68.6 Å². The van der Waals surface area contributed by atoms with Gasteiger partial charge in [0.25, 0.3) is 0 Å². The predicted octanol–water partition coefficient (Wildman–Crippen LogP) is 4.69. The second-order valence-electron chi connectivity index (χ2n) is 11.0. The molecule has 2 bridgehead atoms. The van der Waals surface area contributed by atoms with Crippen LogP contribution in [0.25, 0.3) is 0 Å². The van der Waals surface area contributed by atoms with E-state index in [0.29, 0.717) is 28.7 Å². The third kappa shape index (κ3) is 4.91. The Morgan fingerprint density at radius 2 is 1.73 bits per heavy atom. The van der Waals surface area contributed by atoms with Gasteiger partial charge in [0, 0.05) is 40.5 Å². The monoisotopic (exact) mass is 598 g/mol. The maximum Gasteiger partial charge on any atom is 0.308 e. The van der Waals surface area contributed by atoms with Gasteiger partial charge in [-0.2, -0.15) is 0 Å². The van der Waals surface area contributed by atoms with Crippen molar-refractivity contribution in [1.29, 1.82) is 0 Å². The lowest BCUT2D eigenvalue weighted by Gasteiger charge is -2.40. The van der Waals surface area contributed by atoms with Gasteiger partial charge in [-0.05, 0) is 92.8 Å². The average Bonchev–Trinajstić information content (AvgIpc) is 3.63. The molecule has 212 valence electrons. The highest BCUT2D eigenvalue weighted by Gasteiger charge is 2.55. The van der Waals surface area contributed by atoms with Crippen molar-refractivity contribution in [3.63, 3.8) is 0 Å². The summed E-state index contributed by atoms with van der Waals surface area (Å²) in [4.78, 5) is 29.7. The molecule has 0 saturated heterocycles. The zero-order valence-corrected chi connectivity index (χ0v) is 25.0. The van der Waals surface area contributed by atoms with E-state index in [1.807, 2.05) is 11.8 Å². The molecule has 1 aliphatic heterocycles. The summed E-state index contributed by atoms with van der Waals surface area (Å²) in [5.41, 5.74) is 2.91. The minimum atomic E-state index is -3.82. The number of nitrogens with zero attached hydrogens (tertiary/aromatic N) is 2. The van der Waals surface area contributed by atoms with Crippen molar-refractivity contribution in [1.82, 2.24) is 4.57 Å². The SMILES string of the molecule is CCN(CC)c1ccc([C@H]2c3sc(=O)n(CC(=O)Nc4ccc(S(N)(=O)=O)cc4)c3SC3C4CCC(C4)C32)cc1. The maximum atomic E-state index is 13.3. The number of sulfonamides is 1. The molecule has 3 aliphatic rings. The van der Waals surface area contributed by atoms with Crippen LogP contribution in [-0.4, -0.2) is 37.2 Å². The van der Waals surface area contributed by atoms with E-state index in [0.717, 1.165) is 23.0 Å². The number of nitrogens with one attached hydrogen (secondary N) is 1. The standard InChI is InChI=1S/C29H34N4O4S3/c1-3-32(4-2)21-11-7-17(8-12-21)24-25-18-5-6-19(15-18)26(25)38-28-27(24)39-29(35)33(28)16-23(34)31-20-9-13-22(14-10-20)40(30,36)37/h7-14,18-19,24-26H,3-6,15-16H2,1-2H3,(H,31,34)(H2,30,36,37)/t18?,19?,24-,25?,26?/m1/s1. The minimum absolute atomic E-state index is 0.0263. The maximum absolute atomic E-state index is 13.3. The topological polar surface area (TPSA) is 114 Å². The molecule has 2 fully saturated rings. The first-order valence-corrected chi connectivity index (χ1v) is 17.1. The van der Waals surface area contributed by atoms with Crippen molar-refractivity contribution in [2.45, 2.75) is 60.7 Å². The number of amides is 1. The third-order valence-corrected chi connectivity index (χ3v) is 12.6. The van der Waals surface area contributed by atoms with Gasteiger partial charge < -0.3 is 10.2 Å². The Balaban J connectivity index is 1.30. The van der Waals surface area contributed by atoms with Gasteiger partial charge >= 0.3 is 4.87 Å². The van der Waals surface area contributed by atoms with Gasteiger partial charge in [-0.1, -0.05) is 23.5 Å². The number of carbonyl (C=O) groups is 1. The molecule has 5 atom stereocenters. The number of anilines is 2. The molecule has 3 aromatic rings. The van der Waals surface area contributed by atoms with E-state index in [4.69, 9.17) is 5.14 Å². The summed E-state index contributed by atoms with van der Waals surface area (Å²) in [6.07, 6.45) is 3.76. The summed E-state index contributed by atoms with van der Waals surface area (Å²) in [7, 11) is -3.82. The minimum Gasteiger partial charge on any atom is -0.372 e. The van der Waals surface area contributed by atoms with Gasteiger partial charge in [-0.15, -0.1) is 11.8 Å². The number of carbonyl (C=O) groups excluding carboxylic acids is 1. The predicted molar refractivity (Wildman–Crippen MR) is 161 cm³/mol. The number of nitrogens with two attached hydrogens (primary N) is 1. The van der Waals surface area contributed by atoms with Crippen LogP contribution < -0.4 is 20.2 Å². The molecule has 2 aromatic carbocycles. The van der Waals surface area contributed by atoms with Crippen LogP contribution in [-0.2, 0) is 21.4 Å². The molecule has 40 heavy (non-hydrogen) atoms. The molecule has 3 N–H and O–H groups in total. The molecule has 1 amide bonds. The highest BCUT2D eigenvalue weighted by molar-refractivity contribution is 8.00. The molecule has 2 aliphatic carbocycles. The number of benzene rings is 2. The molecule has 0 spiro atoms. The Morgan fingerprint density at radius 3 is 2.38 bits per heavy atom. The quantitative estimate of drug-likeness (QED) is 0.389. The number of thiazole rings is 1. The molecule has 6 rings (SSSR count). The van der Waals surface area contributed by atoms with Crippen LogP contribution in [0.3, 0.4) is 0 Å². The normalized spacial score (nSPS) is 24.9. The van der Waals surface area contributed by atoms with Gasteiger partial charge in [-0.25, -0.2) is 13.6 Å². The summed E-state index contributed by atoms with van der Waals surface area (Å²) in [6, 6.07) is 14.6. The Labute approximate surface area is 243 Å². The van der Waals surface area contributed by atoms with Crippen molar-refractivity contribution in [2.75, 3.05) is 23.3 Å². The van der Waals surface area contributed by atoms with Crippen molar-refractivity contribution in [2.24, 2.45) is 22.9 Å². The molecule has 0 radical (unpaired) electrons. The molecule has 1 aromatic heterocycles. The molecule has 8 nitrogen and oxygen atoms in total. The number of fused-ring (bicyclic) bond motifs is 6. The smallest absolute Gasteiger partial charge is 0.308 e. The third-order valence-electron chi connectivity index (χ3n) is 8.84. The second-order valence-corrected chi connectivity index (χ2v) is 14.7. The fourth-order valence-corrected chi connectivity index (χ4v) is 10.7. The van der Waals surface area contributed by atoms with Crippen LogP contribution in [0.4, 0.5) is 11.4 Å². The highest BCUT2D eigenvalue weighted by Crippen LogP contribution is 2.64. The van der Waals surface area contributed by atoms with Crippen LogP contribution >= 0.6 is 23.1 Å². The molecular weight excluding hydrogens is 565 g/mol. The zero-order chi connectivity index (χ0) is 28.2. The van der Waals surface area contributed by atoms with E-state index in [2.05, 4.69) is 48.3 Å². The lowest BCUT2D eigenvalue weighted by atomic mass is 9.75. The summed E-state index contributed by atoms with van der Waals surface area (Å²) in [5, 5.41) is 9.35. The van der Waals surface area contributed by atoms with Gasteiger partial charge in [-0.3, -0.25) is 14.2 Å². The number of aromatic nitrogens is 1. The van der Waals surface area contributed by atoms with Gasteiger partial charge in [0.2, 0.25) is 15.9 Å². The van der Waals surface area contributed by atoms with Crippen LogP contribution in [0.1, 0.15) is 49.5 Å².